The van der Waals surface area contributed by atoms with E-state index >= 15 is 0 Å². The van der Waals surface area contributed by atoms with Gasteiger partial charge in [-0.3, -0.25) is 4.57 Å². The third-order valence-electron chi connectivity index (χ3n) is 12.1. The van der Waals surface area contributed by atoms with Gasteiger partial charge in [0, 0.05) is 69.5 Å². The van der Waals surface area contributed by atoms with Gasteiger partial charge in [-0.15, -0.1) is 23.1 Å². The van der Waals surface area contributed by atoms with Crippen molar-refractivity contribution in [2.75, 3.05) is 0 Å². The number of thioether (sulfide) groups is 1. The van der Waals surface area contributed by atoms with Gasteiger partial charge >= 0.3 is 0 Å². The molecule has 2 unspecified atom stereocenters. The fraction of sp³-hybridized carbons (Fsp3) is 0.0800. The van der Waals surface area contributed by atoms with Crippen LogP contribution in [0.3, 0.4) is 0 Å². The van der Waals surface area contributed by atoms with Crippen molar-refractivity contribution in [2.45, 2.75) is 28.9 Å². The highest BCUT2D eigenvalue weighted by Crippen LogP contribution is 2.53. The maximum atomic E-state index is 5.71. The largest absolute Gasteiger partial charge is 0.309 e. The molecule has 13 rings (SSSR count). The molecule has 6 heteroatoms. The number of aryl methyl sites for hydroxylation is 1. The minimum Gasteiger partial charge on any atom is -0.309 e. The van der Waals surface area contributed by atoms with Gasteiger partial charge in [-0.1, -0.05) is 109 Å². The fourth-order valence-electron chi connectivity index (χ4n) is 9.73. The lowest BCUT2D eigenvalue weighted by molar-refractivity contribution is 0.813. The van der Waals surface area contributed by atoms with E-state index in [0.717, 1.165) is 41.4 Å². The molecular formula is C50H32N4S2. The molecule has 0 amide bonds. The van der Waals surface area contributed by atoms with Crippen LogP contribution in [-0.2, 0) is 6.42 Å². The molecule has 5 heterocycles. The summed E-state index contributed by atoms with van der Waals surface area (Å²) in [5.74, 6) is 1.93. The zero-order valence-electron chi connectivity index (χ0n) is 30.2. The van der Waals surface area contributed by atoms with E-state index in [1.807, 2.05) is 23.1 Å². The standard InChI is InChI=1S/C50H32N4S2/c1-2-14-30(15-3-1)53-38-22-10-6-16-31(38)37-28-29(26-27-40(37)53)49-51-45-36-21-9-13-25-42(36)56-48(45)50(52-49)54-39-23-11-7-19-34(39)43-44-35-20-8-12-24-41(35)55-47(44)33-18-5-4-17-32(33)46(43)54/h1-6,8-18,20-28,36,42H,7,19H2. The number of allylic oxidation sites excluding steroid dienone is 4. The molecule has 0 N–H and O–H groups in total. The average Bonchev–Trinajstić information content (AvgIpc) is 4.01. The van der Waals surface area contributed by atoms with Crippen LogP contribution >= 0.6 is 23.1 Å². The van der Waals surface area contributed by atoms with Crippen LogP contribution in [0.1, 0.15) is 29.3 Å². The van der Waals surface area contributed by atoms with Gasteiger partial charge < -0.3 is 4.57 Å². The zero-order valence-corrected chi connectivity index (χ0v) is 31.8. The highest BCUT2D eigenvalue weighted by atomic mass is 32.2. The molecule has 6 aromatic carbocycles. The van der Waals surface area contributed by atoms with Crippen molar-refractivity contribution in [3.8, 4) is 22.9 Å². The number of fused-ring (bicyclic) bond motifs is 16. The van der Waals surface area contributed by atoms with Crippen LogP contribution in [-0.4, -0.2) is 24.4 Å². The van der Waals surface area contributed by atoms with Crippen LogP contribution in [0.2, 0.25) is 0 Å². The summed E-state index contributed by atoms with van der Waals surface area (Å²) in [7, 11) is 0. The van der Waals surface area contributed by atoms with Gasteiger partial charge in [0.25, 0.3) is 0 Å². The lowest BCUT2D eigenvalue weighted by Crippen LogP contribution is -2.10. The molecule has 1 aliphatic heterocycles. The Morgan fingerprint density at radius 2 is 1.41 bits per heavy atom. The predicted molar refractivity (Wildman–Crippen MR) is 237 cm³/mol. The molecule has 264 valence electrons. The summed E-state index contributed by atoms with van der Waals surface area (Å²) in [4.78, 5) is 12.4. The number of hydrogen-bond donors (Lipinski definition) is 0. The van der Waals surface area contributed by atoms with Gasteiger partial charge in [-0.2, -0.15) is 0 Å². The molecule has 3 aliphatic rings. The average molecular weight is 753 g/mol. The van der Waals surface area contributed by atoms with Gasteiger partial charge in [-0.25, -0.2) is 9.97 Å². The number of benzene rings is 6. The van der Waals surface area contributed by atoms with E-state index in [9.17, 15) is 0 Å². The number of aromatic nitrogens is 4. The number of rotatable bonds is 3. The van der Waals surface area contributed by atoms with Crippen LogP contribution in [0, 0.1) is 0 Å². The zero-order chi connectivity index (χ0) is 36.5. The van der Waals surface area contributed by atoms with Crippen LogP contribution in [0.4, 0.5) is 0 Å². The Morgan fingerprint density at radius 1 is 0.643 bits per heavy atom. The Hall–Kier alpha value is -6.21. The van der Waals surface area contributed by atoms with Gasteiger partial charge in [-0.05, 0) is 66.9 Å². The Bertz CT molecular complexity index is 3410. The second kappa shape index (κ2) is 11.7. The van der Waals surface area contributed by atoms with Crippen LogP contribution in [0.25, 0.3) is 92.6 Å². The van der Waals surface area contributed by atoms with Gasteiger partial charge in [0.15, 0.2) is 11.6 Å². The smallest absolute Gasteiger partial charge is 0.161 e. The van der Waals surface area contributed by atoms with Crippen LogP contribution in [0.15, 0.2) is 157 Å². The molecule has 0 radical (unpaired) electrons. The highest BCUT2D eigenvalue weighted by molar-refractivity contribution is 8.00. The van der Waals surface area contributed by atoms with Crippen molar-refractivity contribution >= 4 is 92.8 Å². The SMILES string of the molecule is C1=CC2Sc3c(nc(-c4ccc5c(c4)c4ccccc4n5-c4ccccc4)nc3-n3c4c(c5c6c7ccccc7sc6c6ccccc6c53)CCC=C4)C2C=C1. The summed E-state index contributed by atoms with van der Waals surface area (Å²) >= 11 is 3.84. The molecule has 10 aromatic rings. The minimum atomic E-state index is 0.182. The number of hydrogen-bond acceptors (Lipinski definition) is 4. The maximum absolute atomic E-state index is 5.71. The van der Waals surface area contributed by atoms with E-state index in [4.69, 9.17) is 9.97 Å². The lowest BCUT2D eigenvalue weighted by Gasteiger charge is -2.17. The molecule has 0 bridgehead atoms. The van der Waals surface area contributed by atoms with E-state index in [1.165, 1.54) is 79.8 Å². The molecule has 0 fully saturated rings. The minimum absolute atomic E-state index is 0.182. The van der Waals surface area contributed by atoms with Crippen molar-refractivity contribution in [3.63, 3.8) is 0 Å². The van der Waals surface area contributed by atoms with Crippen molar-refractivity contribution in [2.24, 2.45) is 0 Å². The van der Waals surface area contributed by atoms with E-state index in [1.54, 1.807) is 0 Å². The van der Waals surface area contributed by atoms with E-state index in [2.05, 4.69) is 167 Å². The Kier molecular flexibility index (Phi) is 6.46. The third kappa shape index (κ3) is 4.20. The van der Waals surface area contributed by atoms with Gasteiger partial charge in [0.2, 0.25) is 0 Å². The van der Waals surface area contributed by atoms with E-state index in [-0.39, 0.29) is 11.2 Å². The summed E-state index contributed by atoms with van der Waals surface area (Å²) < 4.78 is 7.60. The first-order chi connectivity index (χ1) is 27.8. The van der Waals surface area contributed by atoms with Gasteiger partial charge in [0.05, 0.1) is 32.8 Å². The number of para-hydroxylation sites is 2. The molecule has 2 atom stereocenters. The van der Waals surface area contributed by atoms with Crippen molar-refractivity contribution in [3.05, 3.63) is 169 Å². The first kappa shape index (κ1) is 31.0. The van der Waals surface area contributed by atoms with Crippen LogP contribution < -0.4 is 0 Å². The second-order valence-corrected chi connectivity index (χ2v) is 17.3. The number of nitrogens with zero attached hydrogens (tertiary/aromatic N) is 4. The normalized spacial score (nSPS) is 17.2. The molecule has 4 nitrogen and oxygen atoms in total. The van der Waals surface area contributed by atoms with Crippen LogP contribution in [0.5, 0.6) is 0 Å². The molecule has 56 heavy (non-hydrogen) atoms. The quantitative estimate of drug-likeness (QED) is 0.180. The molecule has 0 saturated heterocycles. The van der Waals surface area contributed by atoms with E-state index < -0.39 is 0 Å². The van der Waals surface area contributed by atoms with Gasteiger partial charge in [0.1, 0.15) is 0 Å². The monoisotopic (exact) mass is 752 g/mol. The van der Waals surface area contributed by atoms with Crippen molar-refractivity contribution in [1.29, 1.82) is 0 Å². The summed E-state index contributed by atoms with van der Waals surface area (Å²) in [6.45, 7) is 0. The summed E-state index contributed by atoms with van der Waals surface area (Å²) in [6, 6.07) is 44.2. The highest BCUT2D eigenvalue weighted by Gasteiger charge is 2.38. The Morgan fingerprint density at radius 3 is 2.32 bits per heavy atom. The predicted octanol–water partition coefficient (Wildman–Crippen LogP) is 13.3. The summed E-state index contributed by atoms with van der Waals surface area (Å²) in [5, 5.41) is 9.36. The molecule has 2 aliphatic carbocycles. The summed E-state index contributed by atoms with van der Waals surface area (Å²) in [6.07, 6.45) is 15.8. The van der Waals surface area contributed by atoms with E-state index in [0.29, 0.717) is 0 Å². The first-order valence-corrected chi connectivity index (χ1v) is 21.1. The molecule has 0 spiro atoms. The number of thiophene rings is 1. The van der Waals surface area contributed by atoms with Crippen molar-refractivity contribution in [1.82, 2.24) is 19.1 Å². The molecule has 4 aromatic heterocycles. The molecule has 0 saturated carbocycles. The Labute approximate surface area is 330 Å². The summed E-state index contributed by atoms with van der Waals surface area (Å²) in [5.41, 5.74) is 9.58. The Balaban J connectivity index is 1.14. The molecular weight excluding hydrogens is 721 g/mol. The lowest BCUT2D eigenvalue weighted by atomic mass is 9.95. The topological polar surface area (TPSA) is 35.6 Å². The fourth-order valence-corrected chi connectivity index (χ4v) is 12.3. The first-order valence-electron chi connectivity index (χ1n) is 19.4. The second-order valence-electron chi connectivity index (χ2n) is 15.1. The maximum Gasteiger partial charge on any atom is 0.161 e. The third-order valence-corrected chi connectivity index (χ3v) is 14.7. The van der Waals surface area contributed by atoms with Crippen molar-refractivity contribution < 1.29 is 0 Å².